The molecule has 1 spiro atoms. The van der Waals surface area contributed by atoms with Gasteiger partial charge in [0.2, 0.25) is 5.91 Å². The van der Waals surface area contributed by atoms with Crippen molar-refractivity contribution in [1.82, 2.24) is 20.0 Å². The van der Waals surface area contributed by atoms with Gasteiger partial charge in [-0.3, -0.25) is 9.59 Å². The Hall–Kier alpha value is -3.22. The minimum Gasteiger partial charge on any atom is -0.341 e. The molecule has 33 heavy (non-hydrogen) atoms. The minimum atomic E-state index is -4.46. The zero-order valence-corrected chi connectivity index (χ0v) is 18.2. The first-order chi connectivity index (χ1) is 15.6. The van der Waals surface area contributed by atoms with Crippen molar-refractivity contribution in [3.8, 4) is 12.3 Å². The fourth-order valence-electron chi connectivity index (χ4n) is 5.03. The van der Waals surface area contributed by atoms with Crippen molar-refractivity contribution in [3.05, 3.63) is 35.4 Å². The molecule has 1 N–H and O–H groups in total. The summed E-state index contributed by atoms with van der Waals surface area (Å²) in [5.41, 5.74) is -1.55. The van der Waals surface area contributed by atoms with Crippen molar-refractivity contribution in [2.45, 2.75) is 43.6 Å². The maximum atomic E-state index is 13.7. The monoisotopic (exact) mass is 462 g/mol. The van der Waals surface area contributed by atoms with Crippen molar-refractivity contribution in [3.63, 3.8) is 0 Å². The fourth-order valence-corrected chi connectivity index (χ4v) is 5.03. The first-order valence-corrected chi connectivity index (χ1v) is 10.8. The van der Waals surface area contributed by atoms with Crippen LogP contribution in [0.2, 0.25) is 0 Å². The third-order valence-electron chi connectivity index (χ3n) is 6.89. The molecule has 3 fully saturated rings. The van der Waals surface area contributed by atoms with Crippen molar-refractivity contribution >= 4 is 17.8 Å². The highest BCUT2D eigenvalue weighted by molar-refractivity contribution is 6.00. The van der Waals surface area contributed by atoms with Gasteiger partial charge in [0.1, 0.15) is 6.54 Å². The van der Waals surface area contributed by atoms with Crippen LogP contribution < -0.4 is 5.32 Å². The third kappa shape index (κ3) is 4.01. The number of nitrogens with zero attached hydrogens (tertiary/aromatic N) is 3. The summed E-state index contributed by atoms with van der Waals surface area (Å²) in [6, 6.07) is 4.04. The molecule has 7 nitrogen and oxygen atoms in total. The van der Waals surface area contributed by atoms with Crippen LogP contribution in [-0.4, -0.2) is 70.8 Å². The lowest BCUT2D eigenvalue weighted by atomic mass is 9.82. The molecule has 1 aliphatic carbocycles. The largest absolute Gasteiger partial charge is 0.416 e. The number of carbonyl (C=O) groups is 3. The van der Waals surface area contributed by atoms with Crippen LogP contribution in [0.4, 0.5) is 18.0 Å². The minimum absolute atomic E-state index is 0.0181. The molecule has 0 radical (unpaired) electrons. The number of urea groups is 1. The highest BCUT2D eigenvalue weighted by Gasteiger charge is 2.61. The Labute approximate surface area is 189 Å². The maximum absolute atomic E-state index is 13.7. The molecular formula is C23H25F3N4O3. The Morgan fingerprint density at radius 2 is 1.88 bits per heavy atom. The Morgan fingerprint density at radius 1 is 1.21 bits per heavy atom. The molecule has 176 valence electrons. The number of hydrogen-bond acceptors (Lipinski definition) is 3. The molecule has 4 rings (SSSR count). The fraction of sp³-hybridized carbons (Fsp3) is 0.522. The number of nitrogens with one attached hydrogen (secondary N) is 1. The molecule has 10 heteroatoms. The Kier molecular flexibility index (Phi) is 5.76. The summed E-state index contributed by atoms with van der Waals surface area (Å²) in [6.07, 6.45) is 3.20. The van der Waals surface area contributed by atoms with E-state index in [9.17, 15) is 27.6 Å². The van der Waals surface area contributed by atoms with E-state index >= 15 is 0 Å². The lowest BCUT2D eigenvalue weighted by Gasteiger charge is -2.58. The number of hydrogen-bond donors (Lipinski definition) is 1. The third-order valence-corrected chi connectivity index (χ3v) is 6.89. The molecule has 1 aromatic rings. The molecule has 0 bridgehead atoms. The van der Waals surface area contributed by atoms with Gasteiger partial charge in [0.05, 0.1) is 18.7 Å². The van der Waals surface area contributed by atoms with E-state index in [4.69, 9.17) is 6.42 Å². The number of piperazine rings is 1. The van der Waals surface area contributed by atoms with Crippen molar-refractivity contribution in [2.24, 2.45) is 5.92 Å². The van der Waals surface area contributed by atoms with E-state index in [1.54, 1.807) is 4.90 Å². The van der Waals surface area contributed by atoms with Crippen LogP contribution >= 0.6 is 0 Å². The zero-order chi connectivity index (χ0) is 24.0. The lowest BCUT2D eigenvalue weighted by Crippen LogP contribution is -2.82. The average Bonchev–Trinajstić information content (AvgIpc) is 3.23. The van der Waals surface area contributed by atoms with E-state index in [0.717, 1.165) is 18.6 Å². The van der Waals surface area contributed by atoms with Gasteiger partial charge in [0, 0.05) is 25.6 Å². The van der Waals surface area contributed by atoms with E-state index in [1.165, 1.54) is 29.0 Å². The summed E-state index contributed by atoms with van der Waals surface area (Å²) in [5, 5.41) is 2.51. The smallest absolute Gasteiger partial charge is 0.341 e. The molecule has 1 unspecified atom stereocenters. The van der Waals surface area contributed by atoms with E-state index in [2.05, 4.69) is 11.2 Å². The Balaban J connectivity index is 1.59. The number of benzene rings is 1. The molecule has 0 aromatic heterocycles. The van der Waals surface area contributed by atoms with Crippen LogP contribution in [0, 0.1) is 18.3 Å². The SMILES string of the molecule is C#C[C@@H]1CCC(N2CC(=O)N(Cc3ccc(C(F)(F)F)cc3)C3(CN(C(=O)NC)C3)C2=O)C1. The average molecular weight is 462 g/mol. The molecule has 2 atom stereocenters. The normalized spacial score (nSPS) is 24.6. The van der Waals surface area contributed by atoms with Crippen molar-refractivity contribution < 1.29 is 27.6 Å². The summed E-state index contributed by atoms with van der Waals surface area (Å²) in [6.45, 7) is -0.0712. The van der Waals surface area contributed by atoms with Gasteiger partial charge in [-0.15, -0.1) is 12.3 Å². The van der Waals surface area contributed by atoms with Gasteiger partial charge >= 0.3 is 12.2 Å². The predicted octanol–water partition coefficient (Wildman–Crippen LogP) is 2.07. The quantitative estimate of drug-likeness (QED) is 0.700. The van der Waals surface area contributed by atoms with Gasteiger partial charge in [-0.1, -0.05) is 12.1 Å². The number of amides is 4. The molecule has 1 saturated carbocycles. The maximum Gasteiger partial charge on any atom is 0.416 e. The van der Waals surface area contributed by atoms with Crippen LogP contribution in [0.1, 0.15) is 30.4 Å². The van der Waals surface area contributed by atoms with Gasteiger partial charge in [-0.25, -0.2) is 4.79 Å². The lowest BCUT2D eigenvalue weighted by molar-refractivity contribution is -0.179. The van der Waals surface area contributed by atoms with Gasteiger partial charge in [0.15, 0.2) is 5.54 Å². The van der Waals surface area contributed by atoms with Gasteiger partial charge < -0.3 is 20.0 Å². The Morgan fingerprint density at radius 3 is 2.42 bits per heavy atom. The summed E-state index contributed by atoms with van der Waals surface area (Å²) in [7, 11) is 1.48. The van der Waals surface area contributed by atoms with E-state index in [-0.39, 0.29) is 56.0 Å². The number of carbonyl (C=O) groups excluding carboxylic acids is 3. The molecule has 3 aliphatic rings. The van der Waals surface area contributed by atoms with Crippen LogP contribution in [0.5, 0.6) is 0 Å². The number of terminal acetylenes is 1. The first kappa shape index (κ1) is 23.0. The summed E-state index contributed by atoms with van der Waals surface area (Å²) in [4.78, 5) is 43.4. The molecule has 2 aliphatic heterocycles. The van der Waals surface area contributed by atoms with E-state index < -0.39 is 17.3 Å². The van der Waals surface area contributed by atoms with Gasteiger partial charge in [-0.05, 0) is 37.0 Å². The predicted molar refractivity (Wildman–Crippen MR) is 112 cm³/mol. The van der Waals surface area contributed by atoms with E-state index in [0.29, 0.717) is 18.4 Å². The standard InChI is InChI=1S/C23H25F3N4O3/c1-3-15-6-9-18(10-15)29-12-19(31)30(11-16-4-7-17(8-5-16)23(24,25)26)22(20(29)32)13-28(14-22)21(33)27-2/h1,4-5,7-8,15,18H,6,9-14H2,2H3,(H,27,33)/t15-,18?/m1/s1. The Bertz CT molecular complexity index is 996. The second-order valence-corrected chi connectivity index (χ2v) is 8.88. The summed E-state index contributed by atoms with van der Waals surface area (Å²) >= 11 is 0. The number of likely N-dealkylation sites (tertiary alicyclic amines) is 1. The van der Waals surface area contributed by atoms with Crippen molar-refractivity contribution in [1.29, 1.82) is 0 Å². The topological polar surface area (TPSA) is 73.0 Å². The van der Waals surface area contributed by atoms with Crippen LogP contribution in [-0.2, 0) is 22.3 Å². The molecule has 4 amide bonds. The number of halogens is 3. The zero-order valence-electron chi connectivity index (χ0n) is 18.2. The molecule has 2 heterocycles. The molecule has 1 aromatic carbocycles. The highest BCUT2D eigenvalue weighted by atomic mass is 19.4. The summed E-state index contributed by atoms with van der Waals surface area (Å²) < 4.78 is 38.7. The van der Waals surface area contributed by atoms with Gasteiger partial charge in [0.25, 0.3) is 5.91 Å². The summed E-state index contributed by atoms with van der Waals surface area (Å²) in [5.74, 6) is 2.24. The van der Waals surface area contributed by atoms with Crippen molar-refractivity contribution in [2.75, 3.05) is 26.7 Å². The van der Waals surface area contributed by atoms with E-state index in [1.807, 2.05) is 0 Å². The van der Waals surface area contributed by atoms with Crippen LogP contribution in [0.15, 0.2) is 24.3 Å². The van der Waals surface area contributed by atoms with Crippen LogP contribution in [0.3, 0.4) is 0 Å². The molecule has 2 saturated heterocycles. The van der Waals surface area contributed by atoms with Gasteiger partial charge in [-0.2, -0.15) is 13.2 Å². The second kappa shape index (κ2) is 8.28. The number of alkyl halides is 3. The first-order valence-electron chi connectivity index (χ1n) is 10.8. The van der Waals surface area contributed by atoms with Crippen LogP contribution in [0.25, 0.3) is 0 Å². The highest BCUT2D eigenvalue weighted by Crippen LogP contribution is 2.39. The molecular weight excluding hydrogens is 437 g/mol. The second-order valence-electron chi connectivity index (χ2n) is 8.88. The number of rotatable bonds is 3.